The molecule has 78 valence electrons. The zero-order chi connectivity index (χ0) is 9.80. The number of hydrogen-bond acceptors (Lipinski definition) is 4. The van der Waals surface area contributed by atoms with Crippen molar-refractivity contribution < 1.29 is 9.15 Å². The molecule has 1 atom stereocenters. The van der Waals surface area contributed by atoms with Crippen LogP contribution < -0.4 is 5.73 Å². The minimum absolute atomic E-state index is 0.411. The third kappa shape index (κ3) is 2.13. The molecule has 1 unspecified atom stereocenters. The van der Waals surface area contributed by atoms with E-state index < -0.39 is 0 Å². The number of rotatable bonds is 4. The molecule has 0 saturated carbocycles. The Morgan fingerprint density at radius 3 is 3.21 bits per heavy atom. The zero-order valence-corrected chi connectivity index (χ0v) is 8.24. The molecule has 14 heavy (non-hydrogen) atoms. The Labute approximate surface area is 83.4 Å². The molecule has 1 aliphatic heterocycles. The lowest BCUT2D eigenvalue weighted by atomic mass is 10.1. The van der Waals surface area contributed by atoms with Gasteiger partial charge >= 0.3 is 0 Å². The summed E-state index contributed by atoms with van der Waals surface area (Å²) in [5.74, 6) is 2.18. The van der Waals surface area contributed by atoms with Crippen molar-refractivity contribution in [2.24, 2.45) is 5.73 Å². The van der Waals surface area contributed by atoms with Crippen LogP contribution in [0.5, 0.6) is 0 Å². The normalized spacial score (nSPS) is 21.6. The van der Waals surface area contributed by atoms with Gasteiger partial charge in [-0.15, -0.1) is 0 Å². The van der Waals surface area contributed by atoms with E-state index in [0.717, 1.165) is 44.1 Å². The number of hydrogen-bond donors (Lipinski definition) is 1. The SMILES string of the molecule is NCCCc1ncc(C2CCOC2)o1. The van der Waals surface area contributed by atoms with Crippen LogP contribution in [0.2, 0.25) is 0 Å². The first-order valence-corrected chi connectivity index (χ1v) is 5.12. The number of nitrogens with two attached hydrogens (primary N) is 1. The number of aromatic nitrogens is 1. The van der Waals surface area contributed by atoms with E-state index >= 15 is 0 Å². The van der Waals surface area contributed by atoms with E-state index in [1.165, 1.54) is 0 Å². The summed E-state index contributed by atoms with van der Waals surface area (Å²) in [5, 5.41) is 0. The van der Waals surface area contributed by atoms with Crippen LogP contribution in [0.25, 0.3) is 0 Å². The van der Waals surface area contributed by atoms with Gasteiger partial charge in [0.1, 0.15) is 5.76 Å². The van der Waals surface area contributed by atoms with Gasteiger partial charge in [0.15, 0.2) is 5.89 Å². The van der Waals surface area contributed by atoms with Crippen molar-refractivity contribution in [1.29, 1.82) is 0 Å². The van der Waals surface area contributed by atoms with Crippen LogP contribution in [0, 0.1) is 0 Å². The molecule has 0 radical (unpaired) electrons. The summed E-state index contributed by atoms with van der Waals surface area (Å²) < 4.78 is 10.9. The second kappa shape index (κ2) is 4.57. The molecule has 2 N–H and O–H groups in total. The van der Waals surface area contributed by atoms with Gasteiger partial charge in [0.2, 0.25) is 0 Å². The van der Waals surface area contributed by atoms with Gasteiger partial charge in [-0.3, -0.25) is 0 Å². The van der Waals surface area contributed by atoms with Gasteiger partial charge in [-0.05, 0) is 19.4 Å². The predicted molar refractivity (Wildman–Crippen MR) is 52.1 cm³/mol. The summed E-state index contributed by atoms with van der Waals surface area (Å²) in [5.41, 5.74) is 5.42. The summed E-state index contributed by atoms with van der Waals surface area (Å²) in [7, 11) is 0. The molecule has 4 heteroatoms. The lowest BCUT2D eigenvalue weighted by Gasteiger charge is -2.00. The molecule has 2 heterocycles. The van der Waals surface area contributed by atoms with Crippen molar-refractivity contribution in [2.75, 3.05) is 19.8 Å². The van der Waals surface area contributed by atoms with E-state index in [9.17, 15) is 0 Å². The van der Waals surface area contributed by atoms with Crippen LogP contribution in [0.1, 0.15) is 30.4 Å². The third-order valence-electron chi connectivity index (χ3n) is 2.50. The molecule has 1 aliphatic rings. The molecule has 4 nitrogen and oxygen atoms in total. The van der Waals surface area contributed by atoms with Gasteiger partial charge < -0.3 is 14.9 Å². The van der Waals surface area contributed by atoms with Gasteiger partial charge in [-0.2, -0.15) is 0 Å². The third-order valence-corrected chi connectivity index (χ3v) is 2.50. The van der Waals surface area contributed by atoms with E-state index in [-0.39, 0.29) is 0 Å². The monoisotopic (exact) mass is 196 g/mol. The van der Waals surface area contributed by atoms with Crippen LogP contribution in [0.4, 0.5) is 0 Å². The number of oxazole rings is 1. The van der Waals surface area contributed by atoms with Crippen LogP contribution in [0.3, 0.4) is 0 Å². The smallest absolute Gasteiger partial charge is 0.194 e. The molecule has 0 aromatic carbocycles. The van der Waals surface area contributed by atoms with E-state index in [2.05, 4.69) is 4.98 Å². The van der Waals surface area contributed by atoms with E-state index in [0.29, 0.717) is 12.5 Å². The van der Waals surface area contributed by atoms with E-state index in [1.807, 2.05) is 6.20 Å². The highest BCUT2D eigenvalue weighted by atomic mass is 16.5. The molecule has 2 rings (SSSR count). The van der Waals surface area contributed by atoms with Crippen LogP contribution in [0.15, 0.2) is 10.6 Å². The van der Waals surface area contributed by atoms with Crippen molar-refractivity contribution in [3.05, 3.63) is 17.8 Å². The van der Waals surface area contributed by atoms with Gasteiger partial charge in [-0.1, -0.05) is 0 Å². The molecular formula is C10H16N2O2. The fraction of sp³-hybridized carbons (Fsp3) is 0.700. The quantitative estimate of drug-likeness (QED) is 0.782. The predicted octanol–water partition coefficient (Wildman–Crippen LogP) is 1.07. The van der Waals surface area contributed by atoms with Crippen LogP contribution in [-0.4, -0.2) is 24.7 Å². The summed E-state index contributed by atoms with van der Waals surface area (Å²) >= 11 is 0. The molecule has 0 amide bonds. The molecule has 1 saturated heterocycles. The molecule has 0 aliphatic carbocycles. The maximum atomic E-state index is 5.62. The highest BCUT2D eigenvalue weighted by Crippen LogP contribution is 2.25. The Balaban J connectivity index is 1.94. The first kappa shape index (κ1) is 9.68. The minimum Gasteiger partial charge on any atom is -0.445 e. The Kier molecular flexibility index (Phi) is 3.16. The summed E-state index contributed by atoms with van der Waals surface area (Å²) in [6.45, 7) is 2.29. The highest BCUT2D eigenvalue weighted by Gasteiger charge is 2.21. The molecular weight excluding hydrogens is 180 g/mol. The fourth-order valence-electron chi connectivity index (χ4n) is 1.64. The van der Waals surface area contributed by atoms with Crippen LogP contribution >= 0.6 is 0 Å². The van der Waals surface area contributed by atoms with Gasteiger partial charge in [0.05, 0.1) is 12.8 Å². The first-order valence-electron chi connectivity index (χ1n) is 5.12. The summed E-state index contributed by atoms with van der Waals surface area (Å²) in [4.78, 5) is 4.22. The second-order valence-electron chi connectivity index (χ2n) is 3.61. The first-order chi connectivity index (χ1) is 6.90. The Bertz CT molecular complexity index is 279. The average Bonchev–Trinajstić information content (AvgIpc) is 2.85. The van der Waals surface area contributed by atoms with Gasteiger partial charge in [0.25, 0.3) is 0 Å². The Morgan fingerprint density at radius 1 is 1.57 bits per heavy atom. The Hall–Kier alpha value is -0.870. The molecule has 1 aromatic rings. The summed E-state index contributed by atoms with van der Waals surface area (Å²) in [6.07, 6.45) is 4.64. The Morgan fingerprint density at radius 2 is 2.50 bits per heavy atom. The molecule has 0 bridgehead atoms. The topological polar surface area (TPSA) is 61.3 Å². The van der Waals surface area contributed by atoms with Crippen molar-refractivity contribution >= 4 is 0 Å². The maximum absolute atomic E-state index is 5.62. The number of nitrogens with zero attached hydrogens (tertiary/aromatic N) is 1. The molecule has 1 fully saturated rings. The van der Waals surface area contributed by atoms with Gasteiger partial charge in [-0.25, -0.2) is 4.98 Å². The van der Waals surface area contributed by atoms with Crippen molar-refractivity contribution in [1.82, 2.24) is 4.98 Å². The van der Waals surface area contributed by atoms with Gasteiger partial charge in [0, 0.05) is 18.9 Å². The lowest BCUT2D eigenvalue weighted by molar-refractivity contribution is 0.191. The number of aryl methyl sites for hydroxylation is 1. The molecule has 1 aromatic heterocycles. The maximum Gasteiger partial charge on any atom is 0.194 e. The zero-order valence-electron chi connectivity index (χ0n) is 8.24. The van der Waals surface area contributed by atoms with Crippen molar-refractivity contribution in [2.45, 2.75) is 25.2 Å². The van der Waals surface area contributed by atoms with E-state index in [1.54, 1.807) is 0 Å². The standard InChI is InChI=1S/C10H16N2O2/c11-4-1-2-10-12-6-9(14-10)8-3-5-13-7-8/h6,8H,1-5,7,11H2. The van der Waals surface area contributed by atoms with Crippen molar-refractivity contribution in [3.8, 4) is 0 Å². The highest BCUT2D eigenvalue weighted by molar-refractivity contribution is 5.03. The fourth-order valence-corrected chi connectivity index (χ4v) is 1.64. The number of ether oxygens (including phenoxy) is 1. The summed E-state index contributed by atoms with van der Waals surface area (Å²) in [6, 6.07) is 0. The lowest BCUT2D eigenvalue weighted by Crippen LogP contribution is -2.00. The van der Waals surface area contributed by atoms with Crippen LogP contribution in [-0.2, 0) is 11.2 Å². The molecule has 0 spiro atoms. The second-order valence-corrected chi connectivity index (χ2v) is 3.61. The van der Waals surface area contributed by atoms with E-state index in [4.69, 9.17) is 14.9 Å². The van der Waals surface area contributed by atoms with Crippen molar-refractivity contribution in [3.63, 3.8) is 0 Å². The minimum atomic E-state index is 0.411. The largest absolute Gasteiger partial charge is 0.445 e. The average molecular weight is 196 g/mol.